The highest BCUT2D eigenvalue weighted by Gasteiger charge is 2.09. The summed E-state index contributed by atoms with van der Waals surface area (Å²) in [6.45, 7) is 0. The third-order valence-electron chi connectivity index (χ3n) is 3.66. The normalized spacial score (nSPS) is 12.1. The van der Waals surface area contributed by atoms with Crippen molar-refractivity contribution < 1.29 is 10.0 Å². The van der Waals surface area contributed by atoms with E-state index in [1.165, 1.54) is 0 Å². The van der Waals surface area contributed by atoms with Gasteiger partial charge in [0, 0.05) is 11.3 Å². The van der Waals surface area contributed by atoms with Crippen molar-refractivity contribution in [3.05, 3.63) is 77.9 Å². The van der Waals surface area contributed by atoms with Crippen LogP contribution < -0.4 is 16.5 Å². The molecule has 0 heterocycles. The number of anilines is 1. The van der Waals surface area contributed by atoms with Gasteiger partial charge in [0.05, 0.1) is 0 Å². The average molecular weight is 307 g/mol. The van der Waals surface area contributed by atoms with Crippen molar-refractivity contribution in [1.82, 2.24) is 5.48 Å². The number of carbonyl (C=O) groups excluding carboxylic acids is 1. The number of benzene rings is 3. The molecule has 23 heavy (non-hydrogen) atoms. The second kappa shape index (κ2) is 6.58. The second-order valence-electron chi connectivity index (χ2n) is 5.25. The molecule has 0 aliphatic heterocycles. The van der Waals surface area contributed by atoms with Crippen molar-refractivity contribution in [3.8, 4) is 0 Å². The van der Waals surface area contributed by atoms with E-state index in [1.807, 2.05) is 66.1 Å². The average Bonchev–Trinajstić information content (AvgIpc) is 2.61. The van der Waals surface area contributed by atoms with E-state index in [9.17, 15) is 4.79 Å². The minimum Gasteiger partial charge on any atom is -0.322 e. The maximum atomic E-state index is 12.3. The predicted molar refractivity (Wildman–Crippen MR) is 90.2 cm³/mol. The maximum absolute atomic E-state index is 12.3. The highest BCUT2D eigenvalue weighted by Crippen LogP contribution is 2.20. The summed E-state index contributed by atoms with van der Waals surface area (Å²) in [4.78, 5) is 12.3. The number of carbonyl (C=O) groups is 1. The number of nitrogens with one attached hydrogen (secondary N) is 2. The van der Waals surface area contributed by atoms with Crippen molar-refractivity contribution in [2.45, 2.75) is 6.17 Å². The van der Waals surface area contributed by atoms with Crippen LogP contribution in [0.4, 0.5) is 5.69 Å². The molecule has 0 spiro atoms. The molecule has 3 rings (SSSR count). The smallest absolute Gasteiger partial charge is 0.255 e. The summed E-state index contributed by atoms with van der Waals surface area (Å²) in [5.74, 6) is -0.157. The van der Waals surface area contributed by atoms with E-state index < -0.39 is 6.17 Å². The van der Waals surface area contributed by atoms with Gasteiger partial charge >= 0.3 is 0 Å². The van der Waals surface area contributed by atoms with Gasteiger partial charge < -0.3 is 16.3 Å². The summed E-state index contributed by atoms with van der Waals surface area (Å²) in [6, 6.07) is 20.4. The summed E-state index contributed by atoms with van der Waals surface area (Å²) in [5.41, 5.74) is 9.85. The molecule has 0 fully saturated rings. The number of hydrogen-bond donors (Lipinski definition) is 4. The zero-order valence-corrected chi connectivity index (χ0v) is 12.4. The molecule has 0 saturated carbocycles. The van der Waals surface area contributed by atoms with Crippen molar-refractivity contribution in [2.75, 3.05) is 5.32 Å². The fourth-order valence-corrected chi connectivity index (χ4v) is 2.40. The summed E-state index contributed by atoms with van der Waals surface area (Å²) < 4.78 is 0. The predicted octanol–water partition coefficient (Wildman–Crippen LogP) is 3.03. The molecule has 0 radical (unpaired) electrons. The van der Waals surface area contributed by atoms with Gasteiger partial charge in [0.2, 0.25) is 0 Å². The molecular formula is C18H17N3O2. The lowest BCUT2D eigenvalue weighted by Crippen LogP contribution is -2.25. The fraction of sp³-hybridized carbons (Fsp3) is 0.0556. The zero-order chi connectivity index (χ0) is 16.2. The summed E-state index contributed by atoms with van der Waals surface area (Å²) in [6.07, 6.45) is -0.638. The lowest BCUT2D eigenvalue weighted by Gasteiger charge is -2.11. The quantitative estimate of drug-likeness (QED) is 0.441. The highest BCUT2D eigenvalue weighted by molar-refractivity contribution is 6.06. The zero-order valence-electron chi connectivity index (χ0n) is 12.4. The molecule has 5 nitrogen and oxygen atoms in total. The number of fused-ring (bicyclic) bond motifs is 1. The van der Waals surface area contributed by atoms with E-state index in [2.05, 4.69) is 5.32 Å². The largest absolute Gasteiger partial charge is 0.322 e. The van der Waals surface area contributed by atoms with Crippen LogP contribution in [0.2, 0.25) is 0 Å². The molecule has 3 aromatic rings. The Hall–Kier alpha value is -2.73. The molecule has 0 saturated heterocycles. The van der Waals surface area contributed by atoms with Gasteiger partial charge in [0.15, 0.2) is 0 Å². The van der Waals surface area contributed by atoms with Gasteiger partial charge in [0.1, 0.15) is 6.17 Å². The van der Waals surface area contributed by atoms with Crippen LogP contribution in [0, 0.1) is 0 Å². The summed E-state index contributed by atoms with van der Waals surface area (Å²) in [7, 11) is 0. The van der Waals surface area contributed by atoms with Crippen molar-refractivity contribution in [2.24, 2.45) is 5.73 Å². The van der Waals surface area contributed by atoms with Crippen LogP contribution in [0.1, 0.15) is 22.1 Å². The fourth-order valence-electron chi connectivity index (χ4n) is 2.40. The Kier molecular flexibility index (Phi) is 4.34. The van der Waals surface area contributed by atoms with E-state index in [0.29, 0.717) is 5.56 Å². The van der Waals surface area contributed by atoms with Crippen molar-refractivity contribution in [1.29, 1.82) is 0 Å². The van der Waals surface area contributed by atoms with Gasteiger partial charge in [-0.25, -0.2) is 0 Å². The standard InChI is InChI=1S/C18H17N3O2/c19-17(21-23)14-8-6-13-11-15(9-7-12(13)10-14)18(22)20-16-4-2-1-3-5-16/h1-11,17,21,23H,19H2,(H,20,22). The molecule has 5 heteroatoms. The number of para-hydroxylation sites is 1. The van der Waals surface area contributed by atoms with Crippen LogP contribution in [0.3, 0.4) is 0 Å². The maximum Gasteiger partial charge on any atom is 0.255 e. The van der Waals surface area contributed by atoms with E-state index in [4.69, 9.17) is 10.9 Å². The number of amides is 1. The minimum atomic E-state index is -0.638. The van der Waals surface area contributed by atoms with Gasteiger partial charge in [0.25, 0.3) is 5.91 Å². The van der Waals surface area contributed by atoms with Gasteiger partial charge in [-0.3, -0.25) is 4.79 Å². The van der Waals surface area contributed by atoms with Gasteiger partial charge in [-0.15, -0.1) is 0 Å². The van der Waals surface area contributed by atoms with Crippen LogP contribution in [0.15, 0.2) is 66.7 Å². The molecule has 3 aromatic carbocycles. The van der Waals surface area contributed by atoms with Crippen LogP contribution in [0.25, 0.3) is 10.8 Å². The molecule has 0 aromatic heterocycles. The molecule has 1 atom stereocenters. The van der Waals surface area contributed by atoms with E-state index in [0.717, 1.165) is 22.0 Å². The molecular weight excluding hydrogens is 290 g/mol. The van der Waals surface area contributed by atoms with Crippen LogP contribution in [0.5, 0.6) is 0 Å². The Morgan fingerprint density at radius 1 is 0.957 bits per heavy atom. The van der Waals surface area contributed by atoms with Gasteiger partial charge in [-0.2, -0.15) is 5.48 Å². The summed E-state index contributed by atoms with van der Waals surface area (Å²) >= 11 is 0. The molecule has 0 aliphatic carbocycles. The lowest BCUT2D eigenvalue weighted by atomic mass is 10.0. The van der Waals surface area contributed by atoms with Crippen LogP contribution in [-0.4, -0.2) is 11.1 Å². The molecule has 1 unspecified atom stereocenters. The lowest BCUT2D eigenvalue weighted by molar-refractivity contribution is 0.102. The molecule has 1 amide bonds. The topological polar surface area (TPSA) is 87.4 Å². The molecule has 116 valence electrons. The third kappa shape index (κ3) is 3.37. The molecule has 0 bridgehead atoms. The van der Waals surface area contributed by atoms with Crippen molar-refractivity contribution in [3.63, 3.8) is 0 Å². The first-order chi connectivity index (χ1) is 11.2. The Balaban J connectivity index is 1.86. The Morgan fingerprint density at radius 3 is 2.39 bits per heavy atom. The van der Waals surface area contributed by atoms with Gasteiger partial charge in [-0.05, 0) is 46.7 Å². The Labute approximate surface area is 133 Å². The first-order valence-corrected chi connectivity index (χ1v) is 7.23. The van der Waals surface area contributed by atoms with Gasteiger partial charge in [-0.1, -0.05) is 36.4 Å². The highest BCUT2D eigenvalue weighted by atomic mass is 16.5. The summed E-state index contributed by atoms with van der Waals surface area (Å²) in [5, 5.41) is 13.6. The second-order valence-corrected chi connectivity index (χ2v) is 5.25. The van der Waals surface area contributed by atoms with E-state index >= 15 is 0 Å². The van der Waals surface area contributed by atoms with Crippen LogP contribution >= 0.6 is 0 Å². The SMILES string of the molecule is NC(NO)c1ccc2cc(C(=O)Nc3ccccc3)ccc2c1. The Bertz CT molecular complexity index is 834. The minimum absolute atomic E-state index is 0.157. The number of hydroxylamine groups is 1. The van der Waals surface area contributed by atoms with Crippen molar-refractivity contribution >= 4 is 22.4 Å². The molecule has 5 N–H and O–H groups in total. The number of nitrogens with two attached hydrogens (primary N) is 1. The monoisotopic (exact) mass is 307 g/mol. The first-order valence-electron chi connectivity index (χ1n) is 7.23. The molecule has 0 aliphatic rings. The third-order valence-corrected chi connectivity index (χ3v) is 3.66. The number of rotatable bonds is 4. The van der Waals surface area contributed by atoms with E-state index in [1.54, 1.807) is 6.07 Å². The van der Waals surface area contributed by atoms with E-state index in [-0.39, 0.29) is 5.91 Å². The number of hydrogen-bond acceptors (Lipinski definition) is 4. The Morgan fingerprint density at radius 2 is 1.65 bits per heavy atom. The van der Waals surface area contributed by atoms with Crippen LogP contribution in [-0.2, 0) is 0 Å². The first kappa shape index (κ1) is 15.2.